The van der Waals surface area contributed by atoms with E-state index in [0.29, 0.717) is 12.0 Å². The fourth-order valence-electron chi connectivity index (χ4n) is 1.79. The maximum Gasteiger partial charge on any atom is 0.330 e. The van der Waals surface area contributed by atoms with E-state index in [-0.39, 0.29) is 24.7 Å². The number of carboxylic acids is 1. The van der Waals surface area contributed by atoms with Gasteiger partial charge in [0.2, 0.25) is 11.8 Å². The summed E-state index contributed by atoms with van der Waals surface area (Å²) < 4.78 is 0. The van der Waals surface area contributed by atoms with Crippen LogP contribution in [-0.2, 0) is 14.4 Å². The summed E-state index contributed by atoms with van der Waals surface area (Å²) in [6.07, 6.45) is 0.781. The van der Waals surface area contributed by atoms with Crippen LogP contribution in [0.5, 0.6) is 0 Å². The fourth-order valence-corrected chi connectivity index (χ4v) is 1.79. The minimum Gasteiger partial charge on any atom is -0.479 e. The highest BCUT2D eigenvalue weighted by atomic mass is 16.4. The normalized spacial score (nSPS) is 11.5. The molecule has 1 aromatic carbocycles. The molecule has 0 saturated carbocycles. The van der Waals surface area contributed by atoms with Gasteiger partial charge in [-0.15, -0.1) is 0 Å². The lowest BCUT2D eigenvalue weighted by molar-refractivity contribution is -0.142. The Hall–Kier alpha value is -2.37. The Morgan fingerprint density at radius 2 is 1.76 bits per heavy atom. The van der Waals surface area contributed by atoms with E-state index >= 15 is 0 Å². The van der Waals surface area contributed by atoms with E-state index in [4.69, 9.17) is 0 Å². The Kier molecular flexibility index (Phi) is 6.39. The summed E-state index contributed by atoms with van der Waals surface area (Å²) in [5.41, 5.74) is 0.516. The van der Waals surface area contributed by atoms with Crippen molar-refractivity contribution in [1.82, 2.24) is 10.2 Å². The first-order chi connectivity index (χ1) is 9.91. The monoisotopic (exact) mass is 292 g/mol. The highest BCUT2D eigenvalue weighted by molar-refractivity contribution is 5.85. The fraction of sp³-hybridized carbons (Fsp3) is 0.400. The van der Waals surface area contributed by atoms with Crippen LogP contribution in [0.15, 0.2) is 30.3 Å². The zero-order valence-corrected chi connectivity index (χ0v) is 12.2. The van der Waals surface area contributed by atoms with Gasteiger partial charge in [-0.3, -0.25) is 9.59 Å². The van der Waals surface area contributed by atoms with Crippen molar-refractivity contribution in [3.05, 3.63) is 35.9 Å². The molecule has 0 aliphatic heterocycles. The molecular weight excluding hydrogens is 272 g/mol. The molecule has 0 saturated heterocycles. The third-order valence-corrected chi connectivity index (χ3v) is 2.98. The maximum atomic E-state index is 11.8. The largest absolute Gasteiger partial charge is 0.479 e. The number of carboxylic acid groups (broad SMARTS) is 1. The van der Waals surface area contributed by atoms with Crippen molar-refractivity contribution in [3.8, 4) is 0 Å². The zero-order chi connectivity index (χ0) is 15.8. The number of carbonyl (C=O) groups excluding carboxylic acids is 2. The van der Waals surface area contributed by atoms with Gasteiger partial charge >= 0.3 is 5.97 Å². The number of nitrogens with one attached hydrogen (secondary N) is 1. The lowest BCUT2D eigenvalue weighted by Crippen LogP contribution is -2.33. The van der Waals surface area contributed by atoms with Gasteiger partial charge in [-0.2, -0.15) is 0 Å². The Morgan fingerprint density at radius 1 is 1.14 bits per heavy atom. The van der Waals surface area contributed by atoms with Crippen LogP contribution in [0.25, 0.3) is 0 Å². The Bertz CT molecular complexity index is 500. The molecule has 0 unspecified atom stereocenters. The minimum absolute atomic E-state index is 0.0550. The van der Waals surface area contributed by atoms with Crippen LogP contribution < -0.4 is 5.32 Å². The molecular formula is C15H20N2O4. The Morgan fingerprint density at radius 3 is 2.29 bits per heavy atom. The predicted octanol–water partition coefficient (Wildman–Crippen LogP) is 1.19. The number of hydrogen-bond acceptors (Lipinski definition) is 3. The van der Waals surface area contributed by atoms with Crippen molar-refractivity contribution in [1.29, 1.82) is 0 Å². The summed E-state index contributed by atoms with van der Waals surface area (Å²) in [6.45, 7) is 0. The van der Waals surface area contributed by atoms with Gasteiger partial charge in [0.1, 0.15) is 0 Å². The van der Waals surface area contributed by atoms with Gasteiger partial charge in [-0.1, -0.05) is 30.3 Å². The van der Waals surface area contributed by atoms with Crippen LogP contribution in [0.1, 0.15) is 30.9 Å². The number of benzene rings is 1. The summed E-state index contributed by atoms with van der Waals surface area (Å²) in [5, 5.41) is 11.7. The van der Waals surface area contributed by atoms with E-state index in [2.05, 4.69) is 5.32 Å². The van der Waals surface area contributed by atoms with Crippen molar-refractivity contribution in [2.75, 3.05) is 14.1 Å². The van der Waals surface area contributed by atoms with Crippen LogP contribution in [-0.4, -0.2) is 41.9 Å². The van der Waals surface area contributed by atoms with Crippen molar-refractivity contribution in [2.45, 2.75) is 25.3 Å². The second-order valence-electron chi connectivity index (χ2n) is 4.89. The third kappa shape index (κ3) is 5.64. The number of nitrogens with zero attached hydrogens (tertiary/aromatic N) is 1. The van der Waals surface area contributed by atoms with E-state index in [1.165, 1.54) is 4.90 Å². The predicted molar refractivity (Wildman–Crippen MR) is 77.5 cm³/mol. The molecule has 1 atom stereocenters. The number of aliphatic carboxylic acids is 1. The molecule has 2 amide bonds. The van der Waals surface area contributed by atoms with E-state index < -0.39 is 12.0 Å². The second kappa shape index (κ2) is 8.04. The first-order valence-corrected chi connectivity index (χ1v) is 6.69. The summed E-state index contributed by atoms with van der Waals surface area (Å²) in [4.78, 5) is 35.9. The quantitative estimate of drug-likeness (QED) is 0.790. The molecule has 1 aromatic rings. The highest BCUT2D eigenvalue weighted by Gasteiger charge is 2.21. The first kappa shape index (κ1) is 16.7. The Labute approximate surface area is 123 Å². The van der Waals surface area contributed by atoms with Crippen LogP contribution >= 0.6 is 0 Å². The van der Waals surface area contributed by atoms with Crippen molar-refractivity contribution < 1.29 is 19.5 Å². The number of rotatable bonds is 7. The average Bonchev–Trinajstić information content (AvgIpc) is 2.45. The van der Waals surface area contributed by atoms with Crippen LogP contribution in [0.4, 0.5) is 0 Å². The number of carbonyl (C=O) groups is 3. The van der Waals surface area contributed by atoms with Crippen LogP contribution in [0, 0.1) is 0 Å². The molecule has 6 nitrogen and oxygen atoms in total. The van der Waals surface area contributed by atoms with Crippen molar-refractivity contribution >= 4 is 17.8 Å². The van der Waals surface area contributed by atoms with E-state index in [0.717, 1.165) is 0 Å². The lowest BCUT2D eigenvalue weighted by Gasteiger charge is -2.15. The van der Waals surface area contributed by atoms with Crippen LogP contribution in [0.2, 0.25) is 0 Å². The SMILES string of the molecule is CN(C)C(=O)CCCC(=O)N[C@@H](C(=O)O)c1ccccc1. The average molecular weight is 292 g/mol. The molecule has 0 heterocycles. The van der Waals surface area contributed by atoms with Gasteiger partial charge < -0.3 is 15.3 Å². The Balaban J connectivity index is 2.51. The molecule has 0 aromatic heterocycles. The highest BCUT2D eigenvalue weighted by Crippen LogP contribution is 2.13. The van der Waals surface area contributed by atoms with Crippen LogP contribution in [0.3, 0.4) is 0 Å². The summed E-state index contributed by atoms with van der Waals surface area (Å²) in [7, 11) is 3.30. The summed E-state index contributed by atoms with van der Waals surface area (Å²) >= 11 is 0. The third-order valence-electron chi connectivity index (χ3n) is 2.98. The van der Waals surface area contributed by atoms with Gasteiger partial charge in [-0.25, -0.2) is 4.79 Å². The first-order valence-electron chi connectivity index (χ1n) is 6.69. The molecule has 0 aliphatic carbocycles. The minimum atomic E-state index is -1.11. The number of hydrogen-bond donors (Lipinski definition) is 2. The zero-order valence-electron chi connectivity index (χ0n) is 12.2. The molecule has 0 radical (unpaired) electrons. The van der Waals surface area contributed by atoms with Crippen molar-refractivity contribution in [3.63, 3.8) is 0 Å². The molecule has 0 fully saturated rings. The maximum absolute atomic E-state index is 11.8. The standard InChI is InChI=1S/C15H20N2O4/c1-17(2)13(19)10-6-9-12(18)16-14(15(20)21)11-7-4-3-5-8-11/h3-5,7-8,14H,6,9-10H2,1-2H3,(H,16,18)(H,20,21)/t14-/m1/s1. The van der Waals surface area contributed by atoms with Gasteiger partial charge in [0.05, 0.1) is 0 Å². The smallest absolute Gasteiger partial charge is 0.330 e. The van der Waals surface area contributed by atoms with E-state index in [9.17, 15) is 19.5 Å². The summed E-state index contributed by atoms with van der Waals surface area (Å²) in [5.74, 6) is -1.54. The van der Waals surface area contributed by atoms with E-state index in [1.807, 2.05) is 0 Å². The van der Waals surface area contributed by atoms with Gasteiger partial charge in [0.25, 0.3) is 0 Å². The van der Waals surface area contributed by atoms with Gasteiger partial charge in [0, 0.05) is 26.9 Å². The van der Waals surface area contributed by atoms with Gasteiger partial charge in [-0.05, 0) is 12.0 Å². The summed E-state index contributed by atoms with van der Waals surface area (Å²) in [6, 6.07) is 7.43. The molecule has 0 bridgehead atoms. The second-order valence-corrected chi connectivity index (χ2v) is 4.89. The lowest BCUT2D eigenvalue weighted by atomic mass is 10.1. The van der Waals surface area contributed by atoms with E-state index in [1.54, 1.807) is 44.4 Å². The number of amides is 2. The topological polar surface area (TPSA) is 86.7 Å². The van der Waals surface area contributed by atoms with Gasteiger partial charge in [0.15, 0.2) is 6.04 Å². The molecule has 6 heteroatoms. The molecule has 114 valence electrons. The van der Waals surface area contributed by atoms with Crippen molar-refractivity contribution in [2.24, 2.45) is 0 Å². The molecule has 0 spiro atoms. The molecule has 21 heavy (non-hydrogen) atoms. The molecule has 2 N–H and O–H groups in total. The molecule has 1 rings (SSSR count). The molecule has 0 aliphatic rings.